The number of aromatic hydroxyl groups is 1. The smallest absolute Gasteiger partial charge is 0.338 e. The summed E-state index contributed by atoms with van der Waals surface area (Å²) in [7, 11) is 0. The number of phenols is 1. The van der Waals surface area contributed by atoms with E-state index in [0.29, 0.717) is 33.3 Å². The van der Waals surface area contributed by atoms with Crippen LogP contribution >= 0.6 is 12.2 Å². The largest absolute Gasteiger partial charge is 0.507 e. The molecule has 0 saturated carbocycles. The molecular weight excluding hydrogens is 444 g/mol. The van der Waals surface area contributed by atoms with Gasteiger partial charge < -0.3 is 25.2 Å². The van der Waals surface area contributed by atoms with E-state index in [2.05, 4.69) is 21.2 Å². The van der Waals surface area contributed by atoms with Crippen molar-refractivity contribution in [2.24, 2.45) is 5.10 Å². The fraction of sp³-hybridized carbons (Fsp3) is 0.217. The number of amides is 1. The number of esters is 1. The van der Waals surface area contributed by atoms with E-state index in [1.165, 1.54) is 12.3 Å². The van der Waals surface area contributed by atoms with Gasteiger partial charge in [0.05, 0.1) is 24.4 Å². The summed E-state index contributed by atoms with van der Waals surface area (Å²) in [5.41, 5.74) is 4.38. The van der Waals surface area contributed by atoms with Crippen LogP contribution in [0, 0.1) is 0 Å². The second-order valence-electron chi connectivity index (χ2n) is 6.97. The minimum absolute atomic E-state index is 0.0498. The van der Waals surface area contributed by atoms with E-state index in [1.807, 2.05) is 0 Å². The number of carbonyl (C=O) groups is 2. The molecular formula is C23H24N4O5S. The molecule has 0 unspecified atom stereocenters. The third-order valence-corrected chi connectivity index (χ3v) is 4.90. The fourth-order valence-corrected chi connectivity index (χ4v) is 3.47. The lowest BCUT2D eigenvalue weighted by atomic mass is 9.95. The van der Waals surface area contributed by atoms with Gasteiger partial charge in [-0.1, -0.05) is 30.3 Å². The first-order valence-electron chi connectivity index (χ1n) is 10.2. The number of phenolic OH excluding ortho intramolecular Hbond substituents is 1. The van der Waals surface area contributed by atoms with Gasteiger partial charge in [-0.3, -0.25) is 4.79 Å². The Hall–Kier alpha value is -3.92. The number of hydrogen-bond donors (Lipinski definition) is 4. The highest BCUT2D eigenvalue weighted by atomic mass is 32.1. The maximum Gasteiger partial charge on any atom is 0.338 e. The van der Waals surface area contributed by atoms with E-state index in [1.54, 1.807) is 56.3 Å². The number of nitrogens with one attached hydrogen (secondary N) is 3. The normalized spacial score (nSPS) is 15.6. The Morgan fingerprint density at radius 1 is 1.21 bits per heavy atom. The molecule has 1 aliphatic rings. The Morgan fingerprint density at radius 3 is 2.70 bits per heavy atom. The van der Waals surface area contributed by atoms with Crippen molar-refractivity contribution in [3.05, 3.63) is 70.9 Å². The third-order valence-electron chi connectivity index (χ3n) is 4.68. The van der Waals surface area contributed by atoms with E-state index in [-0.39, 0.29) is 19.0 Å². The van der Waals surface area contributed by atoms with Crippen molar-refractivity contribution in [2.45, 2.75) is 19.9 Å². The van der Waals surface area contributed by atoms with Crippen molar-refractivity contribution < 1.29 is 24.2 Å². The molecule has 0 aliphatic carbocycles. The predicted molar refractivity (Wildman–Crippen MR) is 127 cm³/mol. The highest BCUT2D eigenvalue weighted by molar-refractivity contribution is 7.80. The zero-order chi connectivity index (χ0) is 23.8. The first-order valence-corrected chi connectivity index (χ1v) is 10.6. The number of para-hydroxylation sites is 2. The van der Waals surface area contributed by atoms with Gasteiger partial charge in [-0.05, 0) is 44.3 Å². The van der Waals surface area contributed by atoms with E-state index in [9.17, 15) is 14.7 Å². The topological polar surface area (TPSA) is 121 Å². The van der Waals surface area contributed by atoms with Gasteiger partial charge in [0.2, 0.25) is 0 Å². The molecule has 0 bridgehead atoms. The second-order valence-corrected chi connectivity index (χ2v) is 7.38. The zero-order valence-electron chi connectivity index (χ0n) is 18.1. The van der Waals surface area contributed by atoms with Gasteiger partial charge in [0, 0.05) is 16.8 Å². The molecule has 9 nitrogen and oxygen atoms in total. The van der Waals surface area contributed by atoms with E-state index < -0.39 is 17.9 Å². The van der Waals surface area contributed by atoms with Crippen molar-refractivity contribution >= 4 is 35.4 Å². The Kier molecular flexibility index (Phi) is 7.98. The maximum absolute atomic E-state index is 12.6. The van der Waals surface area contributed by atoms with Crippen LogP contribution in [0.4, 0.5) is 0 Å². The number of carbonyl (C=O) groups excluding carboxylic acids is 2. The average Bonchev–Trinajstić information content (AvgIpc) is 2.78. The van der Waals surface area contributed by atoms with Gasteiger partial charge in [-0.15, -0.1) is 0 Å². The SMILES string of the molecule is CCOC(=O)C1=C(C)NC(=S)N[C@H]1c1ccccc1OCC(=O)NN=Cc1ccccc1O. The molecule has 172 valence electrons. The molecule has 1 heterocycles. The quantitative estimate of drug-likeness (QED) is 0.202. The summed E-state index contributed by atoms with van der Waals surface area (Å²) in [5.74, 6) is -0.529. The van der Waals surface area contributed by atoms with Gasteiger partial charge in [-0.25, -0.2) is 10.2 Å². The van der Waals surface area contributed by atoms with Crippen molar-refractivity contribution in [3.63, 3.8) is 0 Å². The second kappa shape index (κ2) is 11.1. The van der Waals surface area contributed by atoms with Gasteiger partial charge in [0.15, 0.2) is 11.7 Å². The van der Waals surface area contributed by atoms with Crippen molar-refractivity contribution in [1.82, 2.24) is 16.1 Å². The molecule has 2 aromatic carbocycles. The van der Waals surface area contributed by atoms with Gasteiger partial charge in [0.25, 0.3) is 5.91 Å². The van der Waals surface area contributed by atoms with Crippen molar-refractivity contribution in [1.29, 1.82) is 0 Å². The van der Waals surface area contributed by atoms with Crippen molar-refractivity contribution in [2.75, 3.05) is 13.2 Å². The van der Waals surface area contributed by atoms with E-state index in [0.717, 1.165) is 0 Å². The van der Waals surface area contributed by atoms with Gasteiger partial charge in [-0.2, -0.15) is 5.10 Å². The maximum atomic E-state index is 12.6. The molecule has 0 fully saturated rings. The van der Waals surface area contributed by atoms with Gasteiger partial charge in [0.1, 0.15) is 11.5 Å². The Balaban J connectivity index is 1.73. The van der Waals surface area contributed by atoms with Gasteiger partial charge >= 0.3 is 5.97 Å². The molecule has 1 aliphatic heterocycles. The highest BCUT2D eigenvalue weighted by Crippen LogP contribution is 2.33. The minimum Gasteiger partial charge on any atom is -0.507 e. The lowest BCUT2D eigenvalue weighted by Gasteiger charge is -2.30. The number of nitrogens with zero attached hydrogens (tertiary/aromatic N) is 1. The summed E-state index contributed by atoms with van der Waals surface area (Å²) in [6.07, 6.45) is 1.33. The summed E-state index contributed by atoms with van der Waals surface area (Å²) >= 11 is 5.26. The van der Waals surface area contributed by atoms with Crippen LogP contribution in [-0.4, -0.2) is 41.5 Å². The van der Waals surface area contributed by atoms with Crippen LogP contribution in [0.25, 0.3) is 0 Å². The van der Waals surface area contributed by atoms with Crippen LogP contribution in [0.3, 0.4) is 0 Å². The molecule has 3 rings (SSSR count). The number of rotatable bonds is 8. The molecule has 2 aromatic rings. The number of benzene rings is 2. The Labute approximate surface area is 196 Å². The zero-order valence-corrected chi connectivity index (χ0v) is 18.9. The molecule has 1 amide bonds. The van der Waals surface area contributed by atoms with Crippen LogP contribution in [0.5, 0.6) is 11.5 Å². The van der Waals surface area contributed by atoms with Crippen LogP contribution in [-0.2, 0) is 14.3 Å². The Bertz CT molecular complexity index is 1120. The standard InChI is InChI=1S/C23H24N4O5S/c1-3-31-22(30)20-14(2)25-23(33)26-21(20)16-9-5-7-11-18(16)32-13-19(29)27-24-12-15-8-4-6-10-17(15)28/h4-12,21,28H,3,13H2,1-2H3,(H,27,29)(H2,25,26,33)/t21-/m0/s1. The lowest BCUT2D eigenvalue weighted by molar-refractivity contribution is -0.139. The lowest BCUT2D eigenvalue weighted by Crippen LogP contribution is -2.45. The number of allylic oxidation sites excluding steroid dienone is 1. The number of ether oxygens (including phenoxy) is 2. The molecule has 1 atom stereocenters. The first kappa shape index (κ1) is 23.7. The molecule has 0 aromatic heterocycles. The van der Waals surface area contributed by atoms with Crippen molar-refractivity contribution in [3.8, 4) is 11.5 Å². The monoisotopic (exact) mass is 468 g/mol. The Morgan fingerprint density at radius 2 is 1.94 bits per heavy atom. The first-order chi connectivity index (χ1) is 15.9. The van der Waals surface area contributed by atoms with Crippen LogP contribution in [0.1, 0.15) is 31.0 Å². The highest BCUT2D eigenvalue weighted by Gasteiger charge is 2.32. The summed E-state index contributed by atoms with van der Waals surface area (Å²) in [6.45, 7) is 3.38. The fourth-order valence-electron chi connectivity index (χ4n) is 3.20. The molecule has 0 saturated heterocycles. The van der Waals surface area contributed by atoms with E-state index >= 15 is 0 Å². The summed E-state index contributed by atoms with van der Waals surface area (Å²) in [6, 6.07) is 13.0. The molecule has 4 N–H and O–H groups in total. The number of hydrogen-bond acceptors (Lipinski definition) is 7. The summed E-state index contributed by atoms with van der Waals surface area (Å²) < 4.78 is 10.9. The molecule has 10 heteroatoms. The molecule has 0 spiro atoms. The van der Waals surface area contributed by atoms with Crippen LogP contribution in [0.2, 0.25) is 0 Å². The third kappa shape index (κ3) is 6.07. The molecule has 33 heavy (non-hydrogen) atoms. The minimum atomic E-state index is -0.615. The average molecular weight is 469 g/mol. The predicted octanol–water partition coefficient (Wildman–Crippen LogP) is 2.28. The van der Waals surface area contributed by atoms with Crippen LogP contribution < -0.4 is 20.8 Å². The number of thiocarbonyl (C=S) groups is 1. The summed E-state index contributed by atoms with van der Waals surface area (Å²) in [4.78, 5) is 24.8. The van der Waals surface area contributed by atoms with E-state index in [4.69, 9.17) is 21.7 Å². The summed E-state index contributed by atoms with van der Waals surface area (Å²) in [5, 5.41) is 19.9. The van der Waals surface area contributed by atoms with Crippen LogP contribution in [0.15, 0.2) is 64.9 Å². The number of hydrazone groups is 1. The molecule has 0 radical (unpaired) electrons.